The summed E-state index contributed by atoms with van der Waals surface area (Å²) in [5, 5.41) is 5.60. The number of nitrogens with two attached hydrogens (primary N) is 1. The fraction of sp³-hybridized carbons (Fsp3) is 0.417. The van der Waals surface area contributed by atoms with Crippen LogP contribution in [0.15, 0.2) is 18.2 Å². The van der Waals surface area contributed by atoms with Crippen LogP contribution in [0.25, 0.3) is 10.9 Å². The van der Waals surface area contributed by atoms with Gasteiger partial charge in [0.25, 0.3) is 0 Å². The highest BCUT2D eigenvalue weighted by molar-refractivity contribution is 5.83. The summed E-state index contributed by atoms with van der Waals surface area (Å²) in [5.41, 5.74) is 8.06. The standard InChI is InChI=1S/C12H17N3O/c1-4-12(13)15-11-7-9(16-3)5-6-10(11)8(2)14-15/h5-7,12H,4,13H2,1-3H3. The molecule has 0 radical (unpaired) electrons. The van der Waals surface area contributed by atoms with Crippen molar-refractivity contribution in [2.24, 2.45) is 5.73 Å². The number of methoxy groups -OCH3 is 1. The molecule has 2 rings (SSSR count). The minimum atomic E-state index is -0.0803. The fourth-order valence-corrected chi connectivity index (χ4v) is 1.83. The Hall–Kier alpha value is -1.55. The van der Waals surface area contributed by atoms with E-state index in [0.717, 1.165) is 28.8 Å². The van der Waals surface area contributed by atoms with E-state index in [-0.39, 0.29) is 6.17 Å². The fourth-order valence-electron chi connectivity index (χ4n) is 1.83. The van der Waals surface area contributed by atoms with Crippen molar-refractivity contribution in [3.8, 4) is 5.75 Å². The monoisotopic (exact) mass is 219 g/mol. The molecule has 2 aromatic rings. The van der Waals surface area contributed by atoms with E-state index in [0.29, 0.717) is 0 Å². The topological polar surface area (TPSA) is 53.1 Å². The largest absolute Gasteiger partial charge is 0.497 e. The number of hydrogen-bond donors (Lipinski definition) is 1. The molecule has 0 fully saturated rings. The molecule has 0 spiro atoms. The maximum Gasteiger partial charge on any atom is 0.121 e. The molecule has 0 bridgehead atoms. The third-order valence-electron chi connectivity index (χ3n) is 2.83. The Balaban J connectivity index is 2.65. The number of aryl methyl sites for hydroxylation is 1. The second kappa shape index (κ2) is 4.14. The van der Waals surface area contributed by atoms with Crippen molar-refractivity contribution in [3.05, 3.63) is 23.9 Å². The summed E-state index contributed by atoms with van der Waals surface area (Å²) < 4.78 is 7.09. The van der Waals surface area contributed by atoms with Crippen LogP contribution in [-0.4, -0.2) is 16.9 Å². The molecule has 0 saturated carbocycles. The SMILES string of the molecule is CCC(N)n1nc(C)c2ccc(OC)cc21. The van der Waals surface area contributed by atoms with Crippen LogP contribution in [0.1, 0.15) is 25.2 Å². The van der Waals surface area contributed by atoms with Gasteiger partial charge >= 0.3 is 0 Å². The molecule has 86 valence electrons. The third kappa shape index (κ3) is 1.65. The molecule has 16 heavy (non-hydrogen) atoms. The molecule has 1 aromatic heterocycles. The van der Waals surface area contributed by atoms with Crippen LogP contribution in [-0.2, 0) is 0 Å². The molecule has 1 unspecified atom stereocenters. The van der Waals surface area contributed by atoms with E-state index >= 15 is 0 Å². The van der Waals surface area contributed by atoms with E-state index in [4.69, 9.17) is 10.5 Å². The second-order valence-corrected chi connectivity index (χ2v) is 3.89. The van der Waals surface area contributed by atoms with Crippen LogP contribution >= 0.6 is 0 Å². The molecule has 1 atom stereocenters. The Bertz CT molecular complexity index is 504. The normalized spacial score (nSPS) is 13.0. The van der Waals surface area contributed by atoms with Crippen LogP contribution < -0.4 is 10.5 Å². The van der Waals surface area contributed by atoms with Crippen molar-refractivity contribution in [2.75, 3.05) is 7.11 Å². The molecule has 0 aliphatic rings. The van der Waals surface area contributed by atoms with Gasteiger partial charge in [0.1, 0.15) is 5.75 Å². The van der Waals surface area contributed by atoms with Gasteiger partial charge in [-0.2, -0.15) is 5.10 Å². The van der Waals surface area contributed by atoms with Crippen molar-refractivity contribution in [1.29, 1.82) is 0 Å². The third-order valence-corrected chi connectivity index (χ3v) is 2.83. The smallest absolute Gasteiger partial charge is 0.121 e. The van der Waals surface area contributed by atoms with Crippen LogP contribution in [0.2, 0.25) is 0 Å². The Morgan fingerprint density at radius 2 is 2.25 bits per heavy atom. The van der Waals surface area contributed by atoms with Crippen LogP contribution in [0, 0.1) is 6.92 Å². The van der Waals surface area contributed by atoms with Gasteiger partial charge in [0, 0.05) is 11.5 Å². The van der Waals surface area contributed by atoms with E-state index in [1.807, 2.05) is 36.7 Å². The summed E-state index contributed by atoms with van der Waals surface area (Å²) >= 11 is 0. The Morgan fingerprint density at radius 1 is 1.50 bits per heavy atom. The first-order chi connectivity index (χ1) is 7.67. The lowest BCUT2D eigenvalue weighted by Crippen LogP contribution is -2.18. The van der Waals surface area contributed by atoms with Crippen LogP contribution in [0.3, 0.4) is 0 Å². The van der Waals surface area contributed by atoms with Gasteiger partial charge in [-0.3, -0.25) is 0 Å². The second-order valence-electron chi connectivity index (χ2n) is 3.89. The molecule has 4 heteroatoms. The first-order valence-electron chi connectivity index (χ1n) is 5.45. The van der Waals surface area contributed by atoms with Crippen molar-refractivity contribution in [1.82, 2.24) is 9.78 Å². The number of aromatic nitrogens is 2. The lowest BCUT2D eigenvalue weighted by Gasteiger charge is -2.11. The molecule has 1 heterocycles. The Morgan fingerprint density at radius 3 is 2.88 bits per heavy atom. The number of fused-ring (bicyclic) bond motifs is 1. The summed E-state index contributed by atoms with van der Waals surface area (Å²) in [7, 11) is 1.66. The quantitative estimate of drug-likeness (QED) is 0.861. The zero-order valence-corrected chi connectivity index (χ0v) is 9.90. The predicted octanol–water partition coefficient (Wildman–Crippen LogP) is 2.22. The van der Waals surface area contributed by atoms with Gasteiger partial charge in [0.15, 0.2) is 0 Å². The van der Waals surface area contributed by atoms with Gasteiger partial charge in [-0.1, -0.05) is 6.92 Å². The lowest BCUT2D eigenvalue weighted by molar-refractivity contribution is 0.414. The van der Waals surface area contributed by atoms with Crippen LogP contribution in [0.4, 0.5) is 0 Å². The zero-order chi connectivity index (χ0) is 11.7. The highest BCUT2D eigenvalue weighted by Crippen LogP contribution is 2.25. The Kier molecular flexibility index (Phi) is 2.83. The molecule has 0 amide bonds. The minimum Gasteiger partial charge on any atom is -0.497 e. The zero-order valence-electron chi connectivity index (χ0n) is 9.90. The van der Waals surface area contributed by atoms with E-state index in [1.54, 1.807) is 7.11 Å². The molecule has 2 N–H and O–H groups in total. The number of nitrogens with zero attached hydrogens (tertiary/aromatic N) is 2. The van der Waals surface area contributed by atoms with Gasteiger partial charge in [0.2, 0.25) is 0 Å². The van der Waals surface area contributed by atoms with E-state index in [2.05, 4.69) is 5.10 Å². The van der Waals surface area contributed by atoms with Crippen molar-refractivity contribution in [3.63, 3.8) is 0 Å². The number of ether oxygens (including phenoxy) is 1. The highest BCUT2D eigenvalue weighted by Gasteiger charge is 2.12. The van der Waals surface area contributed by atoms with E-state index < -0.39 is 0 Å². The highest BCUT2D eigenvalue weighted by atomic mass is 16.5. The van der Waals surface area contributed by atoms with Gasteiger partial charge < -0.3 is 10.5 Å². The molecule has 1 aromatic carbocycles. The predicted molar refractivity (Wildman–Crippen MR) is 64.5 cm³/mol. The van der Waals surface area contributed by atoms with Gasteiger partial charge in [-0.05, 0) is 25.5 Å². The molecular weight excluding hydrogens is 202 g/mol. The first-order valence-corrected chi connectivity index (χ1v) is 5.45. The lowest BCUT2D eigenvalue weighted by atomic mass is 10.2. The van der Waals surface area contributed by atoms with Gasteiger partial charge in [0.05, 0.1) is 24.5 Å². The molecule has 0 saturated heterocycles. The summed E-state index contributed by atoms with van der Waals surface area (Å²) in [4.78, 5) is 0. The van der Waals surface area contributed by atoms with Crippen molar-refractivity contribution in [2.45, 2.75) is 26.4 Å². The van der Waals surface area contributed by atoms with Gasteiger partial charge in [-0.25, -0.2) is 4.68 Å². The average Bonchev–Trinajstić information content (AvgIpc) is 2.65. The molecular formula is C12H17N3O. The summed E-state index contributed by atoms with van der Waals surface area (Å²) in [6.45, 7) is 4.04. The van der Waals surface area contributed by atoms with Crippen molar-refractivity contribution >= 4 is 10.9 Å². The first kappa shape index (κ1) is 11.0. The number of hydrogen-bond acceptors (Lipinski definition) is 3. The van der Waals surface area contributed by atoms with Crippen LogP contribution in [0.5, 0.6) is 5.75 Å². The van der Waals surface area contributed by atoms with Gasteiger partial charge in [-0.15, -0.1) is 0 Å². The maximum atomic E-state index is 6.02. The molecule has 4 nitrogen and oxygen atoms in total. The Labute approximate surface area is 95.0 Å². The maximum absolute atomic E-state index is 6.02. The molecule has 0 aliphatic carbocycles. The number of benzene rings is 1. The summed E-state index contributed by atoms with van der Waals surface area (Å²) in [6, 6.07) is 5.94. The minimum absolute atomic E-state index is 0.0803. The summed E-state index contributed by atoms with van der Waals surface area (Å²) in [5.74, 6) is 0.831. The summed E-state index contributed by atoms with van der Waals surface area (Å²) in [6.07, 6.45) is 0.774. The van der Waals surface area contributed by atoms with E-state index in [1.165, 1.54) is 0 Å². The molecule has 0 aliphatic heterocycles. The average molecular weight is 219 g/mol. The van der Waals surface area contributed by atoms with E-state index in [9.17, 15) is 0 Å². The number of rotatable bonds is 3. The van der Waals surface area contributed by atoms with Crippen molar-refractivity contribution < 1.29 is 4.74 Å².